The zero-order chi connectivity index (χ0) is 19.6. The molecular formula is C22H26N2O3. The molecule has 5 heteroatoms. The number of fused-ring (bicyclic) bond motifs is 1. The van der Waals surface area contributed by atoms with Gasteiger partial charge in [0.25, 0.3) is 5.91 Å². The molecule has 1 aliphatic rings. The van der Waals surface area contributed by atoms with Crippen LogP contribution in [0, 0.1) is 13.8 Å². The van der Waals surface area contributed by atoms with Gasteiger partial charge < -0.3 is 14.5 Å². The SMILES string of the molecule is CCN(C(=O)CCN1C(=O)C(C)Oc2ccccc21)c1cc(C)cc(C)c1. The summed E-state index contributed by atoms with van der Waals surface area (Å²) in [5.74, 6) is 0.571. The van der Waals surface area contributed by atoms with Crippen LogP contribution in [0.4, 0.5) is 11.4 Å². The minimum absolute atomic E-state index is 0.00641. The van der Waals surface area contributed by atoms with Gasteiger partial charge in [0, 0.05) is 25.2 Å². The number of aryl methyl sites for hydroxylation is 2. The smallest absolute Gasteiger partial charge is 0.267 e. The number of rotatable bonds is 5. The number of hydrogen-bond donors (Lipinski definition) is 0. The predicted molar refractivity (Wildman–Crippen MR) is 107 cm³/mol. The number of hydrogen-bond acceptors (Lipinski definition) is 3. The topological polar surface area (TPSA) is 49.9 Å². The normalized spacial score (nSPS) is 15.9. The number of carbonyl (C=O) groups is 2. The van der Waals surface area contributed by atoms with Crippen molar-refractivity contribution in [2.75, 3.05) is 22.9 Å². The first-order valence-corrected chi connectivity index (χ1v) is 9.36. The van der Waals surface area contributed by atoms with Crippen molar-refractivity contribution in [3.05, 3.63) is 53.6 Å². The molecule has 3 rings (SSSR count). The molecule has 2 aromatic rings. The summed E-state index contributed by atoms with van der Waals surface area (Å²) < 4.78 is 5.66. The van der Waals surface area contributed by atoms with Gasteiger partial charge >= 0.3 is 0 Å². The molecular weight excluding hydrogens is 340 g/mol. The van der Waals surface area contributed by atoms with Gasteiger partial charge in [-0.2, -0.15) is 0 Å². The summed E-state index contributed by atoms with van der Waals surface area (Å²) in [4.78, 5) is 28.9. The average molecular weight is 366 g/mol. The molecule has 142 valence electrons. The fourth-order valence-electron chi connectivity index (χ4n) is 3.54. The Morgan fingerprint density at radius 3 is 2.48 bits per heavy atom. The zero-order valence-electron chi connectivity index (χ0n) is 16.4. The van der Waals surface area contributed by atoms with Crippen LogP contribution < -0.4 is 14.5 Å². The van der Waals surface area contributed by atoms with Crippen molar-refractivity contribution in [3.63, 3.8) is 0 Å². The average Bonchev–Trinajstić information content (AvgIpc) is 2.62. The summed E-state index contributed by atoms with van der Waals surface area (Å²) in [6.45, 7) is 8.68. The minimum Gasteiger partial charge on any atom is -0.479 e. The maximum Gasteiger partial charge on any atom is 0.267 e. The zero-order valence-corrected chi connectivity index (χ0v) is 16.4. The second kappa shape index (κ2) is 7.82. The predicted octanol–water partition coefficient (Wildman–Crippen LogP) is 3.86. The highest BCUT2D eigenvalue weighted by Gasteiger charge is 2.31. The number of nitrogens with zero attached hydrogens (tertiary/aromatic N) is 2. The van der Waals surface area contributed by atoms with Gasteiger partial charge in [-0.15, -0.1) is 0 Å². The van der Waals surface area contributed by atoms with Crippen LogP contribution in [0.2, 0.25) is 0 Å². The Kier molecular flexibility index (Phi) is 5.49. The van der Waals surface area contributed by atoms with Crippen molar-refractivity contribution in [3.8, 4) is 5.75 Å². The molecule has 27 heavy (non-hydrogen) atoms. The fraction of sp³-hybridized carbons (Fsp3) is 0.364. The van der Waals surface area contributed by atoms with E-state index in [0.717, 1.165) is 22.5 Å². The van der Waals surface area contributed by atoms with Gasteiger partial charge in [-0.05, 0) is 63.1 Å². The van der Waals surface area contributed by atoms with Crippen LogP contribution in [-0.4, -0.2) is 31.0 Å². The lowest BCUT2D eigenvalue weighted by molar-refractivity contribution is -0.125. The lowest BCUT2D eigenvalue weighted by Gasteiger charge is -2.33. The van der Waals surface area contributed by atoms with E-state index in [0.29, 0.717) is 18.8 Å². The Balaban J connectivity index is 1.77. The van der Waals surface area contributed by atoms with Gasteiger partial charge in [0.2, 0.25) is 5.91 Å². The molecule has 0 saturated heterocycles. The van der Waals surface area contributed by atoms with E-state index in [-0.39, 0.29) is 18.2 Å². The molecule has 1 atom stereocenters. The Labute approximate surface area is 160 Å². The molecule has 0 radical (unpaired) electrons. The molecule has 1 heterocycles. The van der Waals surface area contributed by atoms with Crippen LogP contribution in [0.5, 0.6) is 5.75 Å². The van der Waals surface area contributed by atoms with E-state index in [9.17, 15) is 9.59 Å². The first-order valence-electron chi connectivity index (χ1n) is 9.36. The number of carbonyl (C=O) groups excluding carboxylic acids is 2. The third-order valence-electron chi connectivity index (χ3n) is 4.76. The minimum atomic E-state index is -0.545. The molecule has 0 aromatic heterocycles. The third kappa shape index (κ3) is 3.97. The highest BCUT2D eigenvalue weighted by atomic mass is 16.5. The number of para-hydroxylation sites is 2. The quantitative estimate of drug-likeness (QED) is 0.807. The van der Waals surface area contributed by atoms with Crippen LogP contribution in [-0.2, 0) is 9.59 Å². The fourth-order valence-corrected chi connectivity index (χ4v) is 3.54. The van der Waals surface area contributed by atoms with Gasteiger partial charge in [-0.3, -0.25) is 9.59 Å². The molecule has 2 amide bonds. The second-order valence-electron chi connectivity index (χ2n) is 6.95. The van der Waals surface area contributed by atoms with Gasteiger partial charge in [0.05, 0.1) is 5.69 Å². The van der Waals surface area contributed by atoms with Crippen LogP contribution in [0.25, 0.3) is 0 Å². The van der Waals surface area contributed by atoms with Crippen molar-refractivity contribution < 1.29 is 14.3 Å². The number of anilines is 2. The molecule has 1 unspecified atom stereocenters. The molecule has 0 spiro atoms. The van der Waals surface area contributed by atoms with E-state index in [1.54, 1.807) is 16.7 Å². The first kappa shape index (κ1) is 19.0. The summed E-state index contributed by atoms with van der Waals surface area (Å²) in [5.41, 5.74) is 3.88. The van der Waals surface area contributed by atoms with Gasteiger partial charge in [-0.25, -0.2) is 0 Å². The number of ether oxygens (including phenoxy) is 1. The second-order valence-corrected chi connectivity index (χ2v) is 6.95. The van der Waals surface area contributed by atoms with Gasteiger partial charge in [0.1, 0.15) is 5.75 Å². The maximum atomic E-state index is 12.9. The molecule has 2 aromatic carbocycles. The van der Waals surface area contributed by atoms with E-state index in [1.807, 2.05) is 57.2 Å². The highest BCUT2D eigenvalue weighted by Crippen LogP contribution is 2.33. The molecule has 0 bridgehead atoms. The van der Waals surface area contributed by atoms with Crippen molar-refractivity contribution in [2.45, 2.75) is 40.2 Å². The van der Waals surface area contributed by atoms with Gasteiger partial charge in [-0.1, -0.05) is 18.2 Å². The van der Waals surface area contributed by atoms with Crippen LogP contribution in [0.3, 0.4) is 0 Å². The van der Waals surface area contributed by atoms with E-state index in [4.69, 9.17) is 4.74 Å². The Bertz CT molecular complexity index is 842. The van der Waals surface area contributed by atoms with Crippen LogP contribution in [0.15, 0.2) is 42.5 Å². The third-order valence-corrected chi connectivity index (χ3v) is 4.76. The Morgan fingerprint density at radius 2 is 1.81 bits per heavy atom. The molecule has 1 aliphatic heterocycles. The Hall–Kier alpha value is -2.82. The largest absolute Gasteiger partial charge is 0.479 e. The molecule has 0 aliphatic carbocycles. The standard InChI is InChI=1S/C22H26N2O3/c1-5-23(18-13-15(2)12-16(3)14-18)21(25)10-11-24-19-8-6-7-9-20(19)27-17(4)22(24)26/h6-9,12-14,17H,5,10-11H2,1-4H3. The van der Waals surface area contributed by atoms with Crippen LogP contribution in [0.1, 0.15) is 31.4 Å². The molecule has 0 saturated carbocycles. The van der Waals surface area contributed by atoms with Crippen molar-refractivity contribution in [2.24, 2.45) is 0 Å². The summed E-state index contributed by atoms with van der Waals surface area (Å²) in [6, 6.07) is 13.6. The van der Waals surface area contributed by atoms with E-state index in [2.05, 4.69) is 6.07 Å². The summed E-state index contributed by atoms with van der Waals surface area (Å²) in [5, 5.41) is 0. The van der Waals surface area contributed by atoms with Crippen molar-refractivity contribution >= 4 is 23.2 Å². The lowest BCUT2D eigenvalue weighted by atomic mass is 10.1. The number of amides is 2. The van der Waals surface area contributed by atoms with E-state index < -0.39 is 6.10 Å². The van der Waals surface area contributed by atoms with Crippen molar-refractivity contribution in [1.29, 1.82) is 0 Å². The monoisotopic (exact) mass is 366 g/mol. The summed E-state index contributed by atoms with van der Waals surface area (Å²) in [6.07, 6.45) is -0.287. The summed E-state index contributed by atoms with van der Waals surface area (Å²) >= 11 is 0. The van der Waals surface area contributed by atoms with Gasteiger partial charge in [0.15, 0.2) is 6.10 Å². The van der Waals surface area contributed by atoms with E-state index >= 15 is 0 Å². The molecule has 0 N–H and O–H groups in total. The summed E-state index contributed by atoms with van der Waals surface area (Å²) in [7, 11) is 0. The molecule has 5 nitrogen and oxygen atoms in total. The first-order chi connectivity index (χ1) is 12.9. The van der Waals surface area contributed by atoms with Crippen molar-refractivity contribution in [1.82, 2.24) is 0 Å². The maximum absolute atomic E-state index is 12.9. The van der Waals surface area contributed by atoms with E-state index in [1.165, 1.54) is 0 Å². The molecule has 0 fully saturated rings. The Morgan fingerprint density at radius 1 is 1.15 bits per heavy atom. The lowest BCUT2D eigenvalue weighted by Crippen LogP contribution is -2.46. The van der Waals surface area contributed by atoms with Crippen LogP contribution >= 0.6 is 0 Å². The number of benzene rings is 2. The highest BCUT2D eigenvalue weighted by molar-refractivity contribution is 6.01.